The summed E-state index contributed by atoms with van der Waals surface area (Å²) in [6, 6.07) is 64.3. The highest BCUT2D eigenvalue weighted by Gasteiger charge is 2.45. The molecule has 0 fully saturated rings. The molecule has 0 radical (unpaired) electrons. The maximum absolute atomic E-state index is 5.77. The van der Waals surface area contributed by atoms with Gasteiger partial charge in [-0.2, -0.15) is 0 Å². The van der Waals surface area contributed by atoms with Crippen LogP contribution in [0.15, 0.2) is 201 Å². The molecule has 0 aliphatic carbocycles. The molecule has 15 nitrogen and oxygen atoms in total. The number of aromatic nitrogens is 9. The van der Waals surface area contributed by atoms with Crippen LogP contribution >= 0.6 is 0 Å². The molecule has 81 heavy (non-hydrogen) atoms. The Morgan fingerprint density at radius 2 is 0.481 bits per heavy atom. The van der Waals surface area contributed by atoms with Gasteiger partial charge in [0.1, 0.15) is 34.0 Å². The second-order valence-corrected chi connectivity index (χ2v) is 20.8. The van der Waals surface area contributed by atoms with Crippen LogP contribution < -0.4 is 29.4 Å². The zero-order chi connectivity index (χ0) is 54.4. The van der Waals surface area contributed by atoms with E-state index in [0.717, 1.165) is 135 Å². The Bertz CT molecular complexity index is 4410. The minimum Gasteiger partial charge on any atom is -0.341 e. The molecular weight excluding hydrogens is 1000 g/mol. The molecule has 16 rings (SSSR count). The highest BCUT2D eigenvalue weighted by Crippen LogP contribution is 2.68. The molecule has 3 aliphatic heterocycles. The van der Waals surface area contributed by atoms with Crippen LogP contribution in [0.25, 0.3) is 67.7 Å². The molecule has 6 aromatic heterocycles. The monoisotopic (exact) mass is 1050 g/mol. The number of benzene rings is 7. The van der Waals surface area contributed by atoms with Crippen molar-refractivity contribution in [3.05, 3.63) is 201 Å². The summed E-state index contributed by atoms with van der Waals surface area (Å²) in [7, 11) is 12.7. The van der Waals surface area contributed by atoms with Crippen molar-refractivity contribution in [3.8, 4) is 34.2 Å². The van der Waals surface area contributed by atoms with Crippen molar-refractivity contribution < 1.29 is 0 Å². The SMILES string of the molecule is CN1c2ccccc2N(c2c(-c3nc4cccnc4n3C)c(-c3nc4cccnc4n3C)c(-c3nc4cccnc4n3C)c(N3c4ccccc4N(C)c4ccccc43)c2N2c3ccccc3N(C)c3ccccc32)c2ccccc21. The summed E-state index contributed by atoms with van der Waals surface area (Å²) in [6.45, 7) is 0. The minimum absolute atomic E-state index is 0.661. The standard InChI is InChI=1S/C66H51N15/c1-73-43-25-7-13-31-49(43)79(50-32-14-8-26-44(50)73)58-56(65-71-41-23-20-38-68-62(41)77(65)5)55(64-70-40-22-19-37-67-61(40)76(64)4)57(66-72-42-24-21-39-69-63(42)78(66)6)59(80-51-33-15-9-27-45(51)74(2)46-28-10-16-34-52(46)80)60(58)81-53-35-17-11-29-47(53)75(3)48-30-12-18-36-54(48)81/h7-39H,1-6H3. The van der Waals surface area contributed by atoms with Gasteiger partial charge in [0.15, 0.2) is 16.9 Å². The van der Waals surface area contributed by atoms with Gasteiger partial charge in [-0.3, -0.25) is 0 Å². The maximum Gasteiger partial charge on any atom is 0.160 e. The summed E-state index contributed by atoms with van der Waals surface area (Å²) >= 11 is 0. The first-order chi connectivity index (χ1) is 39.8. The van der Waals surface area contributed by atoms with Crippen molar-refractivity contribution in [2.45, 2.75) is 0 Å². The Hall–Kier alpha value is -10.8. The average molecular weight is 1050 g/mol. The van der Waals surface area contributed by atoms with E-state index in [1.165, 1.54) is 0 Å². The number of fused-ring (bicyclic) bond motifs is 9. The number of pyridine rings is 3. The van der Waals surface area contributed by atoms with Crippen LogP contribution in [0.4, 0.5) is 85.3 Å². The Kier molecular flexibility index (Phi) is 9.92. The molecule has 0 amide bonds. The molecule has 0 N–H and O–H groups in total. The molecule has 0 spiro atoms. The molecule has 15 heteroatoms. The zero-order valence-electron chi connectivity index (χ0n) is 45.3. The van der Waals surface area contributed by atoms with Crippen LogP contribution in [0.5, 0.6) is 0 Å². The molecule has 7 aromatic carbocycles. The normalized spacial score (nSPS) is 13.4. The van der Waals surface area contributed by atoms with E-state index in [1.807, 2.05) is 55.0 Å². The molecule has 0 atom stereocenters. The lowest BCUT2D eigenvalue weighted by Crippen LogP contribution is -2.31. The van der Waals surface area contributed by atoms with Crippen LogP contribution in [-0.4, -0.2) is 64.7 Å². The molecule has 0 bridgehead atoms. The van der Waals surface area contributed by atoms with E-state index < -0.39 is 0 Å². The van der Waals surface area contributed by atoms with Crippen LogP contribution in [-0.2, 0) is 21.1 Å². The lowest BCUT2D eigenvalue weighted by molar-refractivity contribution is 0.924. The molecule has 3 aliphatic rings. The summed E-state index contributed by atoms with van der Waals surface area (Å²) in [4.78, 5) is 46.8. The van der Waals surface area contributed by atoms with Gasteiger partial charge in [-0.1, -0.05) is 72.8 Å². The number of imidazole rings is 3. The number of nitrogens with zero attached hydrogens (tertiary/aromatic N) is 15. The third-order valence-corrected chi connectivity index (χ3v) is 16.6. The first kappa shape index (κ1) is 46.3. The van der Waals surface area contributed by atoms with Crippen LogP contribution in [0.3, 0.4) is 0 Å². The fourth-order valence-electron chi connectivity index (χ4n) is 12.9. The third kappa shape index (κ3) is 6.44. The smallest absolute Gasteiger partial charge is 0.160 e. The van der Waals surface area contributed by atoms with Crippen molar-refractivity contribution in [2.75, 3.05) is 50.5 Å². The highest BCUT2D eigenvalue weighted by atomic mass is 15.3. The molecule has 0 saturated heterocycles. The van der Waals surface area contributed by atoms with Gasteiger partial charge in [0.25, 0.3) is 0 Å². The van der Waals surface area contributed by atoms with E-state index in [1.54, 1.807) is 0 Å². The number of hydrogen-bond donors (Lipinski definition) is 0. The van der Waals surface area contributed by atoms with Crippen molar-refractivity contribution in [1.29, 1.82) is 0 Å². The first-order valence-corrected chi connectivity index (χ1v) is 27.0. The van der Waals surface area contributed by atoms with E-state index in [9.17, 15) is 0 Å². The lowest BCUT2D eigenvalue weighted by atomic mass is 9.88. The van der Waals surface area contributed by atoms with Gasteiger partial charge in [0, 0.05) is 66.4 Å². The lowest BCUT2D eigenvalue weighted by Gasteiger charge is -2.47. The third-order valence-electron chi connectivity index (χ3n) is 16.6. The summed E-state index contributed by atoms with van der Waals surface area (Å²) in [5, 5.41) is 0. The highest BCUT2D eigenvalue weighted by molar-refractivity contribution is 6.21. The number of rotatable bonds is 6. The fraction of sp³-hybridized carbons (Fsp3) is 0.0909. The Balaban J connectivity index is 1.26. The van der Waals surface area contributed by atoms with Gasteiger partial charge >= 0.3 is 0 Å². The van der Waals surface area contributed by atoms with Crippen molar-refractivity contribution >= 4 is 119 Å². The molecular formula is C66H51N15. The Morgan fingerprint density at radius 3 is 0.741 bits per heavy atom. The second kappa shape index (κ2) is 17.4. The van der Waals surface area contributed by atoms with E-state index in [2.05, 4.69) is 231 Å². The maximum atomic E-state index is 5.77. The van der Waals surface area contributed by atoms with Gasteiger partial charge in [0.05, 0.1) is 96.4 Å². The first-order valence-electron chi connectivity index (χ1n) is 27.0. The Labute approximate surface area is 466 Å². The average Bonchev–Trinajstić information content (AvgIpc) is 4.19. The number of hydrogen-bond acceptors (Lipinski definition) is 12. The van der Waals surface area contributed by atoms with E-state index >= 15 is 0 Å². The van der Waals surface area contributed by atoms with Crippen LogP contribution in [0.2, 0.25) is 0 Å². The van der Waals surface area contributed by atoms with Crippen molar-refractivity contribution in [2.24, 2.45) is 21.1 Å². The Morgan fingerprint density at radius 1 is 0.247 bits per heavy atom. The second-order valence-electron chi connectivity index (χ2n) is 20.8. The molecule has 0 saturated carbocycles. The van der Waals surface area contributed by atoms with E-state index in [-0.39, 0.29) is 0 Å². The van der Waals surface area contributed by atoms with Crippen molar-refractivity contribution in [3.63, 3.8) is 0 Å². The van der Waals surface area contributed by atoms with Gasteiger partial charge in [-0.15, -0.1) is 0 Å². The largest absolute Gasteiger partial charge is 0.341 e. The van der Waals surface area contributed by atoms with E-state index in [0.29, 0.717) is 17.5 Å². The van der Waals surface area contributed by atoms with Gasteiger partial charge < -0.3 is 43.1 Å². The van der Waals surface area contributed by atoms with Crippen LogP contribution in [0, 0.1) is 0 Å². The topological polar surface area (TPSA) is 112 Å². The predicted octanol–water partition coefficient (Wildman–Crippen LogP) is 15.2. The van der Waals surface area contributed by atoms with Crippen LogP contribution in [0.1, 0.15) is 0 Å². The molecule has 0 unspecified atom stereocenters. The minimum atomic E-state index is 0.661. The summed E-state index contributed by atoms with van der Waals surface area (Å²) in [5.74, 6) is 2.00. The predicted molar refractivity (Wildman–Crippen MR) is 327 cm³/mol. The fourth-order valence-corrected chi connectivity index (χ4v) is 12.9. The van der Waals surface area contributed by atoms with Gasteiger partial charge in [-0.25, -0.2) is 29.9 Å². The molecule has 13 aromatic rings. The number of aryl methyl sites for hydroxylation is 3. The molecule has 390 valence electrons. The summed E-state index contributed by atoms with van der Waals surface area (Å²) in [6.07, 6.45) is 5.52. The van der Waals surface area contributed by atoms with Gasteiger partial charge in [-0.05, 0) is 109 Å². The zero-order valence-corrected chi connectivity index (χ0v) is 45.3. The number of para-hydroxylation sites is 12. The summed E-state index contributed by atoms with van der Waals surface area (Å²) < 4.78 is 6.41. The number of anilines is 15. The van der Waals surface area contributed by atoms with Gasteiger partial charge in [0.2, 0.25) is 0 Å². The molecule has 9 heterocycles. The van der Waals surface area contributed by atoms with Crippen molar-refractivity contribution in [1.82, 2.24) is 43.6 Å². The quantitative estimate of drug-likeness (QED) is 0.158. The van der Waals surface area contributed by atoms with E-state index in [4.69, 9.17) is 29.9 Å². The summed E-state index contributed by atoms with van der Waals surface area (Å²) in [5.41, 5.74) is 21.3.